The molecule has 190 valence electrons. The van der Waals surface area contributed by atoms with Crippen LogP contribution < -0.4 is 20.7 Å². The van der Waals surface area contributed by atoms with Gasteiger partial charge in [0.15, 0.2) is 0 Å². The van der Waals surface area contributed by atoms with Gasteiger partial charge in [-0.2, -0.15) is 0 Å². The Balaban J connectivity index is 1.96. The van der Waals surface area contributed by atoms with E-state index in [2.05, 4.69) is 20.1 Å². The summed E-state index contributed by atoms with van der Waals surface area (Å²) in [6, 6.07) is 5.79. The number of nitrogens with one attached hydrogen (secondary N) is 2. The normalized spacial score (nSPS) is 13.1. The first-order valence-electron chi connectivity index (χ1n) is 12.3. The van der Waals surface area contributed by atoms with Gasteiger partial charge in [0.2, 0.25) is 5.91 Å². The molecule has 2 aromatic rings. The summed E-state index contributed by atoms with van der Waals surface area (Å²) in [5.41, 5.74) is 4.90. The van der Waals surface area contributed by atoms with Crippen LogP contribution in [0.1, 0.15) is 52.5 Å². The molecule has 8 nitrogen and oxygen atoms in total. The van der Waals surface area contributed by atoms with E-state index >= 15 is 0 Å². The molecule has 1 fully saturated rings. The highest BCUT2D eigenvalue weighted by molar-refractivity contribution is 6.02. The fourth-order valence-electron chi connectivity index (χ4n) is 4.26. The average molecular weight is 482 g/mol. The van der Waals surface area contributed by atoms with Crippen LogP contribution in [0, 0.1) is 26.7 Å². The lowest BCUT2D eigenvalue weighted by Gasteiger charge is -2.28. The lowest BCUT2D eigenvalue weighted by atomic mass is 10.0. The smallest absolute Gasteiger partial charge is 0.253 e. The molecule has 0 atom stereocenters. The number of amides is 2. The van der Waals surface area contributed by atoms with Crippen LogP contribution in [0.5, 0.6) is 0 Å². The quantitative estimate of drug-likeness (QED) is 0.545. The van der Waals surface area contributed by atoms with Crippen LogP contribution in [-0.4, -0.2) is 62.5 Å². The third kappa shape index (κ3) is 6.31. The number of rotatable bonds is 10. The molecule has 0 aliphatic heterocycles. The Hall–Kier alpha value is -3.13. The Kier molecular flexibility index (Phi) is 8.38. The topological polar surface area (TPSA) is 88.8 Å². The van der Waals surface area contributed by atoms with E-state index in [1.807, 2.05) is 71.9 Å². The average Bonchev–Trinajstić information content (AvgIpc) is 3.63. The van der Waals surface area contributed by atoms with E-state index in [1.165, 1.54) is 0 Å². The van der Waals surface area contributed by atoms with Crippen molar-refractivity contribution in [2.45, 2.75) is 47.1 Å². The molecule has 2 amide bonds. The first kappa shape index (κ1) is 26.5. The molecule has 0 radical (unpaired) electrons. The molecular weight excluding hydrogens is 442 g/mol. The third-order valence-electron chi connectivity index (χ3n) is 6.65. The minimum absolute atomic E-state index is 0.0815. The zero-order chi connectivity index (χ0) is 25.9. The fourth-order valence-corrected chi connectivity index (χ4v) is 4.26. The van der Waals surface area contributed by atoms with Gasteiger partial charge in [0.1, 0.15) is 0 Å². The predicted octanol–water partition coefficient (Wildman–Crippen LogP) is 2.99. The fraction of sp³-hybridized carbons (Fsp3) is 0.519. The predicted molar refractivity (Wildman–Crippen MR) is 141 cm³/mol. The number of carbonyl (C=O) groups is 2. The molecule has 0 saturated heterocycles. The summed E-state index contributed by atoms with van der Waals surface area (Å²) < 4.78 is 0. The van der Waals surface area contributed by atoms with Gasteiger partial charge < -0.3 is 25.0 Å². The van der Waals surface area contributed by atoms with Crippen LogP contribution in [0.2, 0.25) is 0 Å². The Morgan fingerprint density at radius 3 is 2.31 bits per heavy atom. The van der Waals surface area contributed by atoms with Crippen LogP contribution in [0.25, 0.3) is 0 Å². The van der Waals surface area contributed by atoms with Crippen LogP contribution in [0.3, 0.4) is 0 Å². The van der Waals surface area contributed by atoms with Gasteiger partial charge >= 0.3 is 0 Å². The minimum atomic E-state index is -0.263. The summed E-state index contributed by atoms with van der Waals surface area (Å²) in [5, 5.41) is 2.93. The van der Waals surface area contributed by atoms with Gasteiger partial charge in [0.25, 0.3) is 11.5 Å². The Morgan fingerprint density at radius 1 is 1.06 bits per heavy atom. The lowest BCUT2D eigenvalue weighted by Crippen LogP contribution is -2.34. The van der Waals surface area contributed by atoms with Gasteiger partial charge in [-0.3, -0.25) is 14.4 Å². The zero-order valence-electron chi connectivity index (χ0n) is 22.1. The van der Waals surface area contributed by atoms with Gasteiger partial charge in [-0.05, 0) is 84.0 Å². The lowest BCUT2D eigenvalue weighted by molar-refractivity contribution is -0.119. The van der Waals surface area contributed by atoms with Crippen molar-refractivity contribution in [3.63, 3.8) is 0 Å². The maximum Gasteiger partial charge on any atom is 0.253 e. The molecular formula is C27H39N5O3. The maximum absolute atomic E-state index is 13.4. The number of anilines is 2. The molecule has 1 aliphatic carbocycles. The van der Waals surface area contributed by atoms with Crippen molar-refractivity contribution in [3.8, 4) is 0 Å². The molecule has 1 saturated carbocycles. The number of aromatic nitrogens is 1. The monoisotopic (exact) mass is 481 g/mol. The first-order valence-corrected chi connectivity index (χ1v) is 12.3. The number of aromatic amines is 1. The first-order chi connectivity index (χ1) is 16.5. The van der Waals surface area contributed by atoms with E-state index in [0.717, 1.165) is 54.1 Å². The van der Waals surface area contributed by atoms with E-state index in [0.29, 0.717) is 17.7 Å². The van der Waals surface area contributed by atoms with E-state index in [1.54, 1.807) is 0 Å². The highest BCUT2D eigenvalue weighted by atomic mass is 16.2. The summed E-state index contributed by atoms with van der Waals surface area (Å²) in [5.74, 6) is -0.0595. The van der Waals surface area contributed by atoms with Crippen molar-refractivity contribution < 1.29 is 9.59 Å². The molecule has 1 aromatic carbocycles. The standard InChI is InChI=1S/C27H39N5O3/c1-8-32(27(35)20-9-10-20)24-15-21(31(7)12-11-30(5)6)14-22(19(24)4)25(33)28-16-23-17(2)13-18(3)29-26(23)34/h13-15,20H,8-12,16H2,1-7H3,(H,28,33)(H,29,34). The third-order valence-corrected chi connectivity index (χ3v) is 6.65. The number of hydrogen-bond acceptors (Lipinski definition) is 5. The largest absolute Gasteiger partial charge is 0.373 e. The number of aryl methyl sites for hydroxylation is 2. The number of hydrogen-bond donors (Lipinski definition) is 2. The number of pyridine rings is 1. The number of nitrogens with zero attached hydrogens (tertiary/aromatic N) is 3. The molecule has 1 aromatic heterocycles. The van der Waals surface area contributed by atoms with Crippen LogP contribution in [-0.2, 0) is 11.3 Å². The van der Waals surface area contributed by atoms with Gasteiger partial charge in [-0.25, -0.2) is 0 Å². The van der Waals surface area contributed by atoms with Crippen molar-refractivity contribution >= 4 is 23.2 Å². The molecule has 35 heavy (non-hydrogen) atoms. The van der Waals surface area contributed by atoms with E-state index in [9.17, 15) is 14.4 Å². The van der Waals surface area contributed by atoms with Crippen LogP contribution in [0.15, 0.2) is 23.0 Å². The molecule has 0 unspecified atom stereocenters. The number of H-pyrrole nitrogens is 1. The summed E-state index contributed by atoms with van der Waals surface area (Å²) in [6.45, 7) is 9.87. The second kappa shape index (κ2) is 11.1. The number of carbonyl (C=O) groups excluding carboxylic acids is 2. The van der Waals surface area contributed by atoms with Crippen molar-refractivity contribution in [2.75, 3.05) is 50.6 Å². The van der Waals surface area contributed by atoms with Gasteiger partial charge in [-0.15, -0.1) is 0 Å². The molecule has 0 spiro atoms. The molecule has 0 bridgehead atoms. The van der Waals surface area contributed by atoms with Gasteiger partial charge in [-0.1, -0.05) is 0 Å². The Morgan fingerprint density at radius 2 is 1.74 bits per heavy atom. The second-order valence-electron chi connectivity index (χ2n) is 9.84. The highest BCUT2D eigenvalue weighted by Crippen LogP contribution is 2.36. The van der Waals surface area contributed by atoms with Gasteiger partial charge in [0.05, 0.1) is 0 Å². The van der Waals surface area contributed by atoms with Gasteiger partial charge in [0, 0.05) is 67.3 Å². The van der Waals surface area contributed by atoms with Crippen molar-refractivity contribution in [2.24, 2.45) is 5.92 Å². The van der Waals surface area contributed by atoms with E-state index in [-0.39, 0.29) is 29.8 Å². The molecule has 3 rings (SSSR count). The molecule has 1 heterocycles. The summed E-state index contributed by atoms with van der Waals surface area (Å²) in [6.07, 6.45) is 1.85. The van der Waals surface area contributed by atoms with Crippen molar-refractivity contribution in [3.05, 3.63) is 56.5 Å². The zero-order valence-corrected chi connectivity index (χ0v) is 22.1. The maximum atomic E-state index is 13.4. The molecule has 2 N–H and O–H groups in total. The number of benzene rings is 1. The second-order valence-corrected chi connectivity index (χ2v) is 9.84. The highest BCUT2D eigenvalue weighted by Gasteiger charge is 2.34. The SMILES string of the molecule is CCN(C(=O)C1CC1)c1cc(N(C)CCN(C)C)cc(C(=O)NCc2c(C)cc(C)[nH]c2=O)c1C. The molecule has 8 heteroatoms. The van der Waals surface area contributed by atoms with Crippen molar-refractivity contribution in [1.82, 2.24) is 15.2 Å². The summed E-state index contributed by atoms with van der Waals surface area (Å²) in [4.78, 5) is 47.7. The van der Waals surface area contributed by atoms with Crippen LogP contribution >= 0.6 is 0 Å². The Bertz CT molecular complexity index is 1150. The number of likely N-dealkylation sites (N-methyl/N-ethyl adjacent to an activating group) is 2. The van der Waals surface area contributed by atoms with Crippen LogP contribution in [0.4, 0.5) is 11.4 Å². The van der Waals surface area contributed by atoms with E-state index in [4.69, 9.17) is 0 Å². The minimum Gasteiger partial charge on any atom is -0.373 e. The van der Waals surface area contributed by atoms with Crippen molar-refractivity contribution in [1.29, 1.82) is 0 Å². The summed E-state index contributed by atoms with van der Waals surface area (Å²) >= 11 is 0. The summed E-state index contributed by atoms with van der Waals surface area (Å²) in [7, 11) is 6.04. The molecule has 1 aliphatic rings. The Labute approximate surface area is 208 Å². The van der Waals surface area contributed by atoms with E-state index < -0.39 is 0 Å².